The number of aliphatic hydroxyl groups is 1. The maximum atomic E-state index is 12.6. The summed E-state index contributed by atoms with van der Waals surface area (Å²) in [7, 11) is 0. The zero-order valence-corrected chi connectivity index (χ0v) is 14.8. The van der Waals surface area contributed by atoms with Gasteiger partial charge in [0.05, 0.1) is 19.2 Å². The van der Waals surface area contributed by atoms with Crippen molar-refractivity contribution in [3.63, 3.8) is 0 Å². The molecule has 4 rings (SSSR count). The summed E-state index contributed by atoms with van der Waals surface area (Å²) in [4.78, 5) is 27.0. The molecule has 2 aliphatic heterocycles. The molecule has 1 amide bonds. The summed E-state index contributed by atoms with van der Waals surface area (Å²) >= 11 is 0. The van der Waals surface area contributed by atoms with Crippen LogP contribution in [0.2, 0.25) is 0 Å². The Hall–Kier alpha value is -2.61. The Balaban J connectivity index is 1.49. The average molecular weight is 357 g/mol. The van der Waals surface area contributed by atoms with Crippen molar-refractivity contribution in [2.24, 2.45) is 0 Å². The zero-order valence-electron chi connectivity index (χ0n) is 14.8. The minimum Gasteiger partial charge on any atom is -0.445 e. The van der Waals surface area contributed by atoms with Crippen molar-refractivity contribution in [1.82, 2.24) is 9.97 Å². The van der Waals surface area contributed by atoms with Crippen molar-refractivity contribution in [3.8, 4) is 0 Å². The molecule has 0 aromatic carbocycles. The minimum absolute atomic E-state index is 0.0137. The van der Waals surface area contributed by atoms with E-state index in [9.17, 15) is 9.90 Å². The Kier molecular flexibility index (Phi) is 4.50. The highest BCUT2D eigenvalue weighted by atomic mass is 16.4. The fourth-order valence-electron chi connectivity index (χ4n) is 3.66. The van der Waals surface area contributed by atoms with E-state index in [2.05, 4.69) is 14.9 Å². The molecular formula is C18H23N5O3. The van der Waals surface area contributed by atoms with Gasteiger partial charge in [-0.1, -0.05) is 0 Å². The maximum absolute atomic E-state index is 12.6. The van der Waals surface area contributed by atoms with Crippen LogP contribution < -0.4 is 14.7 Å². The first-order valence-corrected chi connectivity index (χ1v) is 8.97. The summed E-state index contributed by atoms with van der Waals surface area (Å²) in [5.74, 6) is 2.92. The van der Waals surface area contributed by atoms with Crippen LogP contribution in [-0.2, 0) is 4.79 Å². The number of carbonyl (C=O) groups is 1. The lowest BCUT2D eigenvalue weighted by molar-refractivity contribution is -0.118. The molecule has 2 aromatic rings. The first-order chi connectivity index (χ1) is 12.7. The van der Waals surface area contributed by atoms with Gasteiger partial charge in [0, 0.05) is 31.8 Å². The van der Waals surface area contributed by atoms with Gasteiger partial charge in [-0.15, -0.1) is 0 Å². The second kappa shape index (κ2) is 6.95. The highest BCUT2D eigenvalue weighted by molar-refractivity contribution is 5.96. The third-order valence-corrected chi connectivity index (χ3v) is 5.06. The van der Waals surface area contributed by atoms with Gasteiger partial charge in [-0.25, -0.2) is 9.97 Å². The second-order valence-electron chi connectivity index (χ2n) is 6.76. The minimum atomic E-state index is -0.0137. The first-order valence-electron chi connectivity index (χ1n) is 8.97. The molecule has 2 fully saturated rings. The molecule has 138 valence electrons. The highest BCUT2D eigenvalue weighted by Crippen LogP contribution is 2.27. The number of hydrogen-bond acceptors (Lipinski definition) is 7. The molecule has 26 heavy (non-hydrogen) atoms. The van der Waals surface area contributed by atoms with Crippen LogP contribution in [-0.4, -0.2) is 59.8 Å². The molecule has 2 saturated heterocycles. The summed E-state index contributed by atoms with van der Waals surface area (Å²) < 4.78 is 5.58. The molecule has 8 nitrogen and oxygen atoms in total. The predicted octanol–water partition coefficient (Wildman–Crippen LogP) is 1.19. The number of furan rings is 1. The molecule has 0 radical (unpaired) electrons. The molecule has 0 aliphatic carbocycles. The van der Waals surface area contributed by atoms with Crippen molar-refractivity contribution in [2.45, 2.75) is 25.8 Å². The average Bonchev–Trinajstić information content (AvgIpc) is 3.30. The maximum Gasteiger partial charge on any atom is 0.248 e. The van der Waals surface area contributed by atoms with Crippen LogP contribution in [0.5, 0.6) is 0 Å². The summed E-state index contributed by atoms with van der Waals surface area (Å²) in [5, 5.41) is 9.54. The van der Waals surface area contributed by atoms with E-state index in [4.69, 9.17) is 4.42 Å². The third-order valence-electron chi connectivity index (χ3n) is 5.06. The van der Waals surface area contributed by atoms with E-state index in [1.54, 1.807) is 4.90 Å². The predicted molar refractivity (Wildman–Crippen MR) is 97.5 cm³/mol. The van der Waals surface area contributed by atoms with E-state index in [1.807, 2.05) is 30.0 Å². The van der Waals surface area contributed by atoms with Gasteiger partial charge < -0.3 is 19.3 Å². The van der Waals surface area contributed by atoms with E-state index in [0.717, 1.165) is 36.8 Å². The van der Waals surface area contributed by atoms with Gasteiger partial charge in [0.25, 0.3) is 0 Å². The molecule has 0 spiro atoms. The van der Waals surface area contributed by atoms with E-state index in [-0.39, 0.29) is 25.1 Å². The van der Waals surface area contributed by atoms with E-state index in [0.29, 0.717) is 19.0 Å². The largest absolute Gasteiger partial charge is 0.445 e. The molecular weight excluding hydrogens is 334 g/mol. The molecule has 1 unspecified atom stereocenters. The smallest absolute Gasteiger partial charge is 0.248 e. The van der Waals surface area contributed by atoms with Crippen LogP contribution >= 0.6 is 0 Å². The number of nitrogens with zero attached hydrogens (tertiary/aromatic N) is 5. The highest BCUT2D eigenvalue weighted by Gasteiger charge is 2.29. The number of carbonyl (C=O) groups excluding carboxylic acids is 1. The van der Waals surface area contributed by atoms with E-state index >= 15 is 0 Å². The Morgan fingerprint density at radius 2 is 2.08 bits per heavy atom. The number of aromatic nitrogens is 2. The quantitative estimate of drug-likeness (QED) is 0.880. The van der Waals surface area contributed by atoms with Crippen molar-refractivity contribution in [1.29, 1.82) is 0 Å². The van der Waals surface area contributed by atoms with Crippen molar-refractivity contribution in [3.05, 3.63) is 30.3 Å². The van der Waals surface area contributed by atoms with Crippen LogP contribution in [0.4, 0.5) is 17.5 Å². The fourth-order valence-corrected chi connectivity index (χ4v) is 3.66. The van der Waals surface area contributed by atoms with Gasteiger partial charge in [-0.05, 0) is 25.8 Å². The third kappa shape index (κ3) is 3.12. The number of piperazine rings is 1. The number of rotatable bonds is 4. The van der Waals surface area contributed by atoms with Crippen molar-refractivity contribution >= 4 is 23.4 Å². The number of amides is 1. The van der Waals surface area contributed by atoms with Gasteiger partial charge in [0.2, 0.25) is 11.8 Å². The summed E-state index contributed by atoms with van der Waals surface area (Å²) in [6, 6.07) is 5.71. The molecule has 1 atom stereocenters. The van der Waals surface area contributed by atoms with Gasteiger partial charge >= 0.3 is 0 Å². The van der Waals surface area contributed by atoms with Gasteiger partial charge in [0.1, 0.15) is 23.7 Å². The monoisotopic (exact) mass is 357 g/mol. The Morgan fingerprint density at radius 3 is 2.81 bits per heavy atom. The van der Waals surface area contributed by atoms with Gasteiger partial charge in [-0.2, -0.15) is 0 Å². The molecule has 1 N–H and O–H groups in total. The van der Waals surface area contributed by atoms with Crippen molar-refractivity contribution in [2.75, 3.05) is 47.5 Å². The van der Waals surface area contributed by atoms with E-state index in [1.165, 1.54) is 6.33 Å². The Labute approximate surface area is 152 Å². The molecule has 8 heteroatoms. The van der Waals surface area contributed by atoms with Crippen LogP contribution in [0, 0.1) is 6.92 Å². The summed E-state index contributed by atoms with van der Waals surface area (Å²) in [6.45, 7) is 4.34. The van der Waals surface area contributed by atoms with Crippen LogP contribution in [0.1, 0.15) is 18.6 Å². The van der Waals surface area contributed by atoms with E-state index < -0.39 is 0 Å². The van der Waals surface area contributed by atoms with Crippen LogP contribution in [0.25, 0.3) is 0 Å². The summed E-state index contributed by atoms with van der Waals surface area (Å²) in [5.41, 5.74) is 0. The Morgan fingerprint density at radius 1 is 1.23 bits per heavy atom. The first kappa shape index (κ1) is 16.8. The molecule has 2 aromatic heterocycles. The zero-order chi connectivity index (χ0) is 18.1. The molecule has 2 aliphatic rings. The van der Waals surface area contributed by atoms with Crippen LogP contribution in [0.3, 0.4) is 0 Å². The number of aliphatic hydroxyl groups excluding tert-OH is 1. The topological polar surface area (TPSA) is 85.9 Å². The lowest BCUT2D eigenvalue weighted by Crippen LogP contribution is -2.50. The lowest BCUT2D eigenvalue weighted by Gasteiger charge is -2.34. The SMILES string of the molecule is Cc1ccc(N2CCN(c3cc(N4CCCC4CO)ncn3)CC2=O)o1. The normalized spacial score (nSPS) is 20.9. The fraction of sp³-hybridized carbons (Fsp3) is 0.500. The second-order valence-corrected chi connectivity index (χ2v) is 6.76. The lowest BCUT2D eigenvalue weighted by atomic mass is 10.2. The number of hydrogen-bond donors (Lipinski definition) is 1. The van der Waals surface area contributed by atoms with Crippen molar-refractivity contribution < 1.29 is 14.3 Å². The Bertz CT molecular complexity index is 793. The van der Waals surface area contributed by atoms with Gasteiger partial charge in [0.15, 0.2) is 0 Å². The molecule has 0 bridgehead atoms. The number of aryl methyl sites for hydroxylation is 1. The van der Waals surface area contributed by atoms with Gasteiger partial charge in [-0.3, -0.25) is 9.69 Å². The summed E-state index contributed by atoms with van der Waals surface area (Å²) in [6.07, 6.45) is 3.55. The molecule has 0 saturated carbocycles. The standard InChI is InChI=1S/C18H23N5O3/c1-13-4-5-18(26-13)23-8-7-21(10-17(23)25)15-9-16(20-12-19-15)22-6-2-3-14(22)11-24/h4-5,9,12,14,24H,2-3,6-8,10-11H2,1H3. The molecule has 4 heterocycles. The van der Waals surface area contributed by atoms with Crippen LogP contribution in [0.15, 0.2) is 28.9 Å². The number of anilines is 3.